The molecule has 2 N–H and O–H groups in total. The molecule has 0 bridgehead atoms. The third-order valence-corrected chi connectivity index (χ3v) is 1.61. The van der Waals surface area contributed by atoms with Gasteiger partial charge in [-0.15, -0.1) is 0 Å². The van der Waals surface area contributed by atoms with Crippen LogP contribution in [0.5, 0.6) is 0 Å². The first-order valence-electron chi connectivity index (χ1n) is 4.04. The Morgan fingerprint density at radius 3 is 2.29 bits per heavy atom. The lowest BCUT2D eigenvalue weighted by molar-refractivity contribution is -0.173. The summed E-state index contributed by atoms with van der Waals surface area (Å²) in [5, 5.41) is 3.92. The van der Waals surface area contributed by atoms with E-state index < -0.39 is 24.5 Å². The van der Waals surface area contributed by atoms with Crippen molar-refractivity contribution >= 4 is 11.8 Å². The van der Waals surface area contributed by atoms with Gasteiger partial charge in [-0.3, -0.25) is 9.59 Å². The number of hydrogen-bond donors (Lipinski definition) is 2. The van der Waals surface area contributed by atoms with E-state index in [0.29, 0.717) is 0 Å². The van der Waals surface area contributed by atoms with Gasteiger partial charge in [0.05, 0.1) is 6.54 Å². The second-order valence-corrected chi connectivity index (χ2v) is 3.02. The van der Waals surface area contributed by atoms with Gasteiger partial charge >= 0.3 is 12.1 Å². The van der Waals surface area contributed by atoms with Crippen molar-refractivity contribution in [2.24, 2.45) is 0 Å². The molecule has 1 aliphatic rings. The molecule has 0 unspecified atom stereocenters. The molecule has 1 rings (SSSR count). The maximum absolute atomic E-state index is 11.6. The number of hydrogen-bond acceptors (Lipinski definition) is 2. The molecule has 0 saturated heterocycles. The van der Waals surface area contributed by atoms with E-state index in [2.05, 4.69) is 5.32 Å². The normalized spacial score (nSPS) is 16.2. The quantitative estimate of drug-likeness (QED) is 0.685. The molecule has 1 saturated carbocycles. The Morgan fingerprint density at radius 2 is 1.86 bits per heavy atom. The Morgan fingerprint density at radius 1 is 1.29 bits per heavy atom. The van der Waals surface area contributed by atoms with Crippen molar-refractivity contribution in [2.75, 3.05) is 6.54 Å². The predicted molar refractivity (Wildman–Crippen MR) is 40.2 cm³/mol. The summed E-state index contributed by atoms with van der Waals surface area (Å²) in [5.41, 5.74) is 0. The predicted octanol–water partition coefficient (Wildman–Crippen LogP) is -0.0565. The van der Waals surface area contributed by atoms with Gasteiger partial charge in [0.25, 0.3) is 0 Å². The number of amides is 2. The van der Waals surface area contributed by atoms with E-state index in [1.807, 2.05) is 0 Å². The largest absolute Gasteiger partial charge is 0.471 e. The van der Waals surface area contributed by atoms with E-state index in [4.69, 9.17) is 0 Å². The van der Waals surface area contributed by atoms with Gasteiger partial charge in [-0.25, -0.2) is 0 Å². The van der Waals surface area contributed by atoms with Crippen LogP contribution >= 0.6 is 0 Å². The second kappa shape index (κ2) is 3.85. The van der Waals surface area contributed by atoms with Crippen LogP contribution in [0.25, 0.3) is 0 Å². The van der Waals surface area contributed by atoms with Crippen molar-refractivity contribution in [3.63, 3.8) is 0 Å². The van der Waals surface area contributed by atoms with Crippen LogP contribution in [0.2, 0.25) is 0 Å². The van der Waals surface area contributed by atoms with Crippen LogP contribution in [-0.4, -0.2) is 30.6 Å². The Kier molecular flexibility index (Phi) is 2.97. The third-order valence-electron chi connectivity index (χ3n) is 1.61. The van der Waals surface area contributed by atoms with E-state index in [-0.39, 0.29) is 6.04 Å². The molecule has 0 spiro atoms. The Balaban J connectivity index is 2.18. The zero-order valence-electron chi connectivity index (χ0n) is 7.15. The molecule has 0 radical (unpaired) electrons. The minimum absolute atomic E-state index is 0.0743. The molecule has 0 aromatic rings. The molecule has 0 atom stereocenters. The minimum atomic E-state index is -4.93. The molecule has 4 nitrogen and oxygen atoms in total. The summed E-state index contributed by atoms with van der Waals surface area (Å²) < 4.78 is 34.9. The van der Waals surface area contributed by atoms with Gasteiger partial charge in [-0.1, -0.05) is 0 Å². The summed E-state index contributed by atoms with van der Waals surface area (Å²) >= 11 is 0. The summed E-state index contributed by atoms with van der Waals surface area (Å²) in [6.07, 6.45) is -3.24. The minimum Gasteiger partial charge on any atom is -0.352 e. The lowest BCUT2D eigenvalue weighted by Gasteiger charge is -2.07. The third kappa shape index (κ3) is 3.63. The van der Waals surface area contributed by atoms with E-state index in [1.54, 1.807) is 0 Å². The molecule has 1 fully saturated rings. The van der Waals surface area contributed by atoms with Crippen molar-refractivity contribution in [2.45, 2.75) is 25.1 Å². The molecule has 0 heterocycles. The standard InChI is InChI=1S/C7H9F3N2O2/c8-7(9,10)6(14)11-3-5(13)12-4-1-2-4/h4H,1-3H2,(H,11,14)(H,12,13). The molecule has 2 amide bonds. The summed E-state index contributed by atoms with van der Waals surface area (Å²) in [4.78, 5) is 21.1. The Labute approximate surface area is 77.8 Å². The van der Waals surface area contributed by atoms with Crippen LogP contribution < -0.4 is 10.6 Å². The van der Waals surface area contributed by atoms with Crippen LogP contribution in [0.3, 0.4) is 0 Å². The topological polar surface area (TPSA) is 58.2 Å². The van der Waals surface area contributed by atoms with E-state index >= 15 is 0 Å². The molecule has 80 valence electrons. The van der Waals surface area contributed by atoms with Gasteiger partial charge in [0.15, 0.2) is 0 Å². The molecule has 1 aliphatic carbocycles. The molecular formula is C7H9F3N2O2. The van der Waals surface area contributed by atoms with Gasteiger partial charge < -0.3 is 10.6 Å². The molecule has 7 heteroatoms. The van der Waals surface area contributed by atoms with Gasteiger partial charge in [-0.05, 0) is 12.8 Å². The number of alkyl halides is 3. The highest BCUT2D eigenvalue weighted by Crippen LogP contribution is 2.18. The first-order valence-corrected chi connectivity index (χ1v) is 4.04. The maximum atomic E-state index is 11.6. The summed E-state index contributed by atoms with van der Waals surface area (Å²) in [6, 6.07) is 0.0743. The van der Waals surface area contributed by atoms with Crippen molar-refractivity contribution in [3.05, 3.63) is 0 Å². The fraction of sp³-hybridized carbons (Fsp3) is 0.714. The van der Waals surface area contributed by atoms with Gasteiger partial charge in [0.1, 0.15) is 0 Å². The lowest BCUT2D eigenvalue weighted by Crippen LogP contribution is -2.43. The number of carbonyl (C=O) groups excluding carboxylic acids is 2. The second-order valence-electron chi connectivity index (χ2n) is 3.02. The van der Waals surface area contributed by atoms with Crippen LogP contribution in [0.15, 0.2) is 0 Å². The Bertz CT molecular complexity index is 248. The zero-order chi connectivity index (χ0) is 10.8. The first-order chi connectivity index (χ1) is 6.39. The fourth-order valence-corrected chi connectivity index (χ4v) is 0.767. The number of nitrogens with one attached hydrogen (secondary N) is 2. The number of carbonyl (C=O) groups is 2. The van der Waals surface area contributed by atoms with Gasteiger partial charge in [0, 0.05) is 6.04 Å². The van der Waals surface area contributed by atoms with E-state index in [9.17, 15) is 22.8 Å². The first kappa shape index (κ1) is 10.8. The van der Waals surface area contributed by atoms with Crippen LogP contribution in [0.1, 0.15) is 12.8 Å². The van der Waals surface area contributed by atoms with E-state index in [0.717, 1.165) is 12.8 Å². The highest BCUT2D eigenvalue weighted by Gasteiger charge is 2.38. The lowest BCUT2D eigenvalue weighted by atomic mass is 10.5. The smallest absolute Gasteiger partial charge is 0.352 e. The Hall–Kier alpha value is -1.27. The molecule has 14 heavy (non-hydrogen) atoms. The summed E-state index contributed by atoms with van der Waals surface area (Å²) in [5.74, 6) is -2.69. The van der Waals surface area contributed by atoms with E-state index in [1.165, 1.54) is 5.32 Å². The summed E-state index contributed by atoms with van der Waals surface area (Å²) in [6.45, 7) is -0.630. The van der Waals surface area contributed by atoms with Crippen molar-refractivity contribution < 1.29 is 22.8 Å². The zero-order valence-corrected chi connectivity index (χ0v) is 7.15. The highest BCUT2D eigenvalue weighted by atomic mass is 19.4. The molecule has 0 aromatic heterocycles. The SMILES string of the molecule is O=C(CNC(=O)C(F)(F)F)NC1CC1. The summed E-state index contributed by atoms with van der Waals surface area (Å²) in [7, 11) is 0. The van der Waals surface area contributed by atoms with Crippen LogP contribution in [0.4, 0.5) is 13.2 Å². The average Bonchev–Trinajstić information content (AvgIpc) is 2.82. The monoisotopic (exact) mass is 210 g/mol. The van der Waals surface area contributed by atoms with Gasteiger partial charge in [-0.2, -0.15) is 13.2 Å². The van der Waals surface area contributed by atoms with Crippen molar-refractivity contribution in [1.29, 1.82) is 0 Å². The van der Waals surface area contributed by atoms with Crippen LogP contribution in [-0.2, 0) is 9.59 Å². The number of rotatable bonds is 3. The average molecular weight is 210 g/mol. The van der Waals surface area contributed by atoms with Crippen LogP contribution in [0, 0.1) is 0 Å². The number of halogens is 3. The van der Waals surface area contributed by atoms with Crippen molar-refractivity contribution in [3.8, 4) is 0 Å². The fourth-order valence-electron chi connectivity index (χ4n) is 0.767. The van der Waals surface area contributed by atoms with Gasteiger partial charge in [0.2, 0.25) is 5.91 Å². The molecule has 0 aromatic carbocycles. The highest BCUT2D eigenvalue weighted by molar-refractivity contribution is 5.87. The maximum Gasteiger partial charge on any atom is 0.471 e. The van der Waals surface area contributed by atoms with Crippen molar-refractivity contribution in [1.82, 2.24) is 10.6 Å². The molecular weight excluding hydrogens is 201 g/mol. The molecule has 0 aliphatic heterocycles.